The highest BCUT2D eigenvalue weighted by atomic mass is 16.4. The summed E-state index contributed by atoms with van der Waals surface area (Å²) < 4.78 is 0. The maximum Gasteiger partial charge on any atom is 0.394 e. The Balaban J connectivity index is 1.94. The number of para-hydroxylation sites is 2. The van der Waals surface area contributed by atoms with Crippen LogP contribution in [0.4, 0.5) is 22.7 Å². The molecule has 0 heterocycles. The van der Waals surface area contributed by atoms with Crippen LogP contribution in [0.15, 0.2) is 84.9 Å². The van der Waals surface area contributed by atoms with Gasteiger partial charge in [-0.05, 0) is 48.5 Å². The van der Waals surface area contributed by atoms with E-state index in [2.05, 4.69) is 10.2 Å². The Hall–Kier alpha value is -3.60. The fourth-order valence-corrected chi connectivity index (χ4v) is 2.48. The molecule has 0 aliphatic carbocycles. The molecule has 0 spiro atoms. The first-order chi connectivity index (χ1) is 12.1. The fourth-order valence-electron chi connectivity index (χ4n) is 2.48. The number of nitrogens with zero attached hydrogens (tertiary/aromatic N) is 1. The topological polar surface area (TPSA) is 69.6 Å². The van der Waals surface area contributed by atoms with Crippen LogP contribution < -0.4 is 10.2 Å². The Labute approximate surface area is 145 Å². The average molecular weight is 332 g/mol. The summed E-state index contributed by atoms with van der Waals surface area (Å²) in [6.45, 7) is 0. The molecule has 3 rings (SSSR count). The van der Waals surface area contributed by atoms with Crippen LogP contribution in [0, 0.1) is 0 Å². The van der Waals surface area contributed by atoms with E-state index >= 15 is 0 Å². The van der Waals surface area contributed by atoms with Crippen molar-refractivity contribution < 1.29 is 14.7 Å². The van der Waals surface area contributed by atoms with Gasteiger partial charge in [0, 0.05) is 22.7 Å². The molecule has 1 amide bonds. The molecule has 25 heavy (non-hydrogen) atoms. The minimum absolute atomic E-state index is 0.428. The highest BCUT2D eigenvalue weighted by Crippen LogP contribution is 2.34. The fraction of sp³-hybridized carbons (Fsp3) is 0. The molecule has 0 unspecified atom stereocenters. The molecular formula is C20H16N2O3. The van der Waals surface area contributed by atoms with Gasteiger partial charge in [-0.15, -0.1) is 0 Å². The highest BCUT2D eigenvalue weighted by molar-refractivity contribution is 6.36. The van der Waals surface area contributed by atoms with Crippen molar-refractivity contribution in [2.24, 2.45) is 0 Å². The van der Waals surface area contributed by atoms with Gasteiger partial charge < -0.3 is 15.3 Å². The minimum Gasteiger partial charge on any atom is -0.474 e. The second kappa shape index (κ2) is 7.31. The Morgan fingerprint density at radius 3 is 1.56 bits per heavy atom. The molecule has 124 valence electrons. The van der Waals surface area contributed by atoms with Crippen LogP contribution >= 0.6 is 0 Å². The van der Waals surface area contributed by atoms with Crippen LogP contribution in [0.2, 0.25) is 0 Å². The van der Waals surface area contributed by atoms with E-state index in [1.807, 2.05) is 72.8 Å². The predicted molar refractivity (Wildman–Crippen MR) is 97.4 cm³/mol. The van der Waals surface area contributed by atoms with E-state index in [4.69, 9.17) is 5.11 Å². The van der Waals surface area contributed by atoms with Crippen LogP contribution in [0.5, 0.6) is 0 Å². The third kappa shape index (κ3) is 3.84. The van der Waals surface area contributed by atoms with E-state index in [0.717, 1.165) is 17.1 Å². The number of anilines is 4. The second-order valence-corrected chi connectivity index (χ2v) is 5.31. The number of amides is 1. The average Bonchev–Trinajstić information content (AvgIpc) is 2.65. The van der Waals surface area contributed by atoms with Gasteiger partial charge in [0.05, 0.1) is 0 Å². The lowest BCUT2D eigenvalue weighted by Crippen LogP contribution is -2.21. The standard InChI is InChI=1S/C20H16N2O3/c23-19(20(24)25)21-15-11-13-18(14-12-15)22(16-7-3-1-4-8-16)17-9-5-2-6-10-17/h1-14H,(H,21,23)(H,24,25). The van der Waals surface area contributed by atoms with Gasteiger partial charge in [0.1, 0.15) is 0 Å². The molecule has 3 aromatic rings. The molecule has 0 atom stereocenters. The summed E-state index contributed by atoms with van der Waals surface area (Å²) in [5, 5.41) is 11.0. The number of benzene rings is 3. The van der Waals surface area contributed by atoms with Crippen molar-refractivity contribution in [3.05, 3.63) is 84.9 Å². The Kier molecular flexibility index (Phi) is 4.76. The smallest absolute Gasteiger partial charge is 0.394 e. The summed E-state index contributed by atoms with van der Waals surface area (Å²) in [6.07, 6.45) is 0. The van der Waals surface area contributed by atoms with Crippen molar-refractivity contribution in [2.75, 3.05) is 10.2 Å². The largest absolute Gasteiger partial charge is 0.474 e. The summed E-state index contributed by atoms with van der Waals surface area (Å²) in [4.78, 5) is 24.0. The van der Waals surface area contributed by atoms with Crippen molar-refractivity contribution in [3.63, 3.8) is 0 Å². The van der Waals surface area contributed by atoms with Crippen LogP contribution in [-0.2, 0) is 9.59 Å². The molecule has 0 aliphatic rings. The summed E-state index contributed by atoms with van der Waals surface area (Å²) in [5.74, 6) is -2.57. The van der Waals surface area contributed by atoms with Crippen molar-refractivity contribution in [1.29, 1.82) is 0 Å². The molecule has 3 aromatic carbocycles. The van der Waals surface area contributed by atoms with Gasteiger partial charge in [-0.1, -0.05) is 36.4 Å². The number of carbonyl (C=O) groups excluding carboxylic acids is 1. The first kappa shape index (κ1) is 16.3. The quantitative estimate of drug-likeness (QED) is 0.703. The maximum absolute atomic E-state index is 11.3. The molecular weight excluding hydrogens is 316 g/mol. The lowest BCUT2D eigenvalue weighted by atomic mass is 10.2. The number of aliphatic carboxylic acids is 1. The number of hydrogen-bond donors (Lipinski definition) is 2. The van der Waals surface area contributed by atoms with Gasteiger partial charge >= 0.3 is 11.9 Å². The first-order valence-electron chi connectivity index (χ1n) is 7.70. The lowest BCUT2D eigenvalue weighted by molar-refractivity contribution is -0.147. The molecule has 0 aliphatic heterocycles. The summed E-state index contributed by atoms with van der Waals surface area (Å²) in [6, 6.07) is 26.8. The van der Waals surface area contributed by atoms with Gasteiger partial charge in [-0.25, -0.2) is 4.79 Å². The van der Waals surface area contributed by atoms with Crippen molar-refractivity contribution in [3.8, 4) is 0 Å². The zero-order valence-corrected chi connectivity index (χ0v) is 13.3. The molecule has 0 saturated heterocycles. The zero-order valence-electron chi connectivity index (χ0n) is 13.3. The zero-order chi connectivity index (χ0) is 17.6. The Bertz CT molecular complexity index is 823. The van der Waals surface area contributed by atoms with E-state index in [1.54, 1.807) is 12.1 Å². The number of carbonyl (C=O) groups is 2. The molecule has 0 saturated carbocycles. The SMILES string of the molecule is O=C(O)C(=O)Nc1ccc(N(c2ccccc2)c2ccccc2)cc1. The normalized spacial score (nSPS) is 10.1. The van der Waals surface area contributed by atoms with Crippen LogP contribution in [-0.4, -0.2) is 17.0 Å². The number of rotatable bonds is 4. The second-order valence-electron chi connectivity index (χ2n) is 5.31. The third-order valence-electron chi connectivity index (χ3n) is 3.61. The third-order valence-corrected chi connectivity index (χ3v) is 3.61. The van der Waals surface area contributed by atoms with E-state index in [0.29, 0.717) is 5.69 Å². The monoisotopic (exact) mass is 332 g/mol. The van der Waals surface area contributed by atoms with E-state index < -0.39 is 11.9 Å². The Morgan fingerprint density at radius 2 is 1.12 bits per heavy atom. The highest BCUT2D eigenvalue weighted by Gasteiger charge is 2.13. The minimum atomic E-state index is -1.51. The number of hydrogen-bond acceptors (Lipinski definition) is 3. The number of carboxylic acid groups (broad SMARTS) is 1. The molecule has 2 N–H and O–H groups in total. The maximum atomic E-state index is 11.3. The lowest BCUT2D eigenvalue weighted by Gasteiger charge is -2.25. The van der Waals surface area contributed by atoms with Gasteiger partial charge in [-0.3, -0.25) is 4.79 Å². The van der Waals surface area contributed by atoms with Gasteiger partial charge in [-0.2, -0.15) is 0 Å². The first-order valence-corrected chi connectivity index (χ1v) is 7.70. The van der Waals surface area contributed by atoms with Crippen molar-refractivity contribution >= 4 is 34.6 Å². The van der Waals surface area contributed by atoms with Gasteiger partial charge in [0.15, 0.2) is 0 Å². The number of carboxylic acids is 1. The molecule has 5 heteroatoms. The van der Waals surface area contributed by atoms with Gasteiger partial charge in [0.2, 0.25) is 0 Å². The van der Waals surface area contributed by atoms with Gasteiger partial charge in [0.25, 0.3) is 0 Å². The molecule has 0 fully saturated rings. The van der Waals surface area contributed by atoms with E-state index in [-0.39, 0.29) is 0 Å². The number of nitrogens with one attached hydrogen (secondary N) is 1. The van der Waals surface area contributed by atoms with Crippen LogP contribution in [0.3, 0.4) is 0 Å². The summed E-state index contributed by atoms with van der Waals surface area (Å²) in [7, 11) is 0. The van der Waals surface area contributed by atoms with E-state index in [1.165, 1.54) is 0 Å². The molecule has 5 nitrogen and oxygen atoms in total. The van der Waals surface area contributed by atoms with Crippen LogP contribution in [0.1, 0.15) is 0 Å². The van der Waals surface area contributed by atoms with E-state index in [9.17, 15) is 9.59 Å². The van der Waals surface area contributed by atoms with Crippen molar-refractivity contribution in [1.82, 2.24) is 0 Å². The molecule has 0 aromatic heterocycles. The molecule has 0 radical (unpaired) electrons. The predicted octanol–water partition coefficient (Wildman–Crippen LogP) is 4.18. The van der Waals surface area contributed by atoms with Crippen molar-refractivity contribution in [2.45, 2.75) is 0 Å². The van der Waals surface area contributed by atoms with Crippen LogP contribution in [0.25, 0.3) is 0 Å². The summed E-state index contributed by atoms with van der Waals surface area (Å²) >= 11 is 0. The summed E-state index contributed by atoms with van der Waals surface area (Å²) in [5.41, 5.74) is 3.31. The Morgan fingerprint density at radius 1 is 0.680 bits per heavy atom. The molecule has 0 bridgehead atoms.